The van der Waals surface area contributed by atoms with Crippen molar-refractivity contribution in [3.05, 3.63) is 43.5 Å². The van der Waals surface area contributed by atoms with Crippen LogP contribution < -0.4 is 11.2 Å². The van der Waals surface area contributed by atoms with E-state index in [1.807, 2.05) is 4.98 Å². The summed E-state index contributed by atoms with van der Waals surface area (Å²) in [4.78, 5) is 39.0. The second-order valence-electron chi connectivity index (χ2n) is 4.69. The third-order valence-electron chi connectivity index (χ3n) is 3.41. The van der Waals surface area contributed by atoms with E-state index in [1.54, 1.807) is 0 Å². The number of esters is 1. The fourth-order valence-electron chi connectivity index (χ4n) is 2.27. The zero-order valence-electron chi connectivity index (χ0n) is 11.7. The summed E-state index contributed by atoms with van der Waals surface area (Å²) in [5.74, 6) is -1.17. The molecule has 0 spiro atoms. The molecule has 11 nitrogen and oxygen atoms in total. The number of aromatic nitrogens is 2. The fraction of sp³-hybridized carbons (Fsp3) is 0.545. The van der Waals surface area contributed by atoms with Gasteiger partial charge < -0.3 is 14.6 Å². The van der Waals surface area contributed by atoms with Crippen molar-refractivity contribution in [2.24, 2.45) is 5.11 Å². The number of carbonyl (C=O) groups is 1. The molecule has 0 radical (unpaired) electrons. The Morgan fingerprint density at radius 3 is 2.96 bits per heavy atom. The van der Waals surface area contributed by atoms with Gasteiger partial charge in [-0.05, 0) is 5.53 Å². The molecule has 1 aliphatic heterocycles. The molecule has 2 heterocycles. The van der Waals surface area contributed by atoms with Gasteiger partial charge in [-0.3, -0.25) is 14.3 Å². The van der Waals surface area contributed by atoms with Crippen LogP contribution in [-0.2, 0) is 14.3 Å². The van der Waals surface area contributed by atoms with Crippen molar-refractivity contribution >= 4 is 5.97 Å². The number of rotatable bonds is 4. The lowest BCUT2D eigenvalue weighted by atomic mass is 9.96. The number of aliphatic hydroxyl groups is 1. The Bertz CT molecular complexity index is 771. The molecule has 1 aromatic rings. The molecule has 0 aromatic carbocycles. The Labute approximate surface area is 126 Å². The van der Waals surface area contributed by atoms with E-state index in [4.69, 9.17) is 10.3 Å². The molecule has 12 heteroatoms. The Kier molecular flexibility index (Phi) is 4.50. The van der Waals surface area contributed by atoms with Crippen molar-refractivity contribution < 1.29 is 23.8 Å². The van der Waals surface area contributed by atoms with Crippen molar-refractivity contribution in [3.8, 4) is 0 Å². The normalized spacial score (nSPS) is 29.8. The minimum absolute atomic E-state index is 0.663. The fourth-order valence-corrected chi connectivity index (χ4v) is 2.27. The summed E-state index contributed by atoms with van der Waals surface area (Å²) in [6.45, 7) is -0.744. The molecule has 0 saturated carbocycles. The number of H-pyrrole nitrogens is 1. The lowest BCUT2D eigenvalue weighted by Crippen LogP contribution is -2.52. The van der Waals surface area contributed by atoms with E-state index in [1.165, 1.54) is 0 Å². The van der Waals surface area contributed by atoms with Gasteiger partial charge in [0.05, 0.1) is 13.7 Å². The lowest BCUT2D eigenvalue weighted by Gasteiger charge is -2.26. The second kappa shape index (κ2) is 6.20. The summed E-state index contributed by atoms with van der Waals surface area (Å²) < 4.78 is 24.7. The maximum Gasteiger partial charge on any atom is 0.341 e. The lowest BCUT2D eigenvalue weighted by molar-refractivity contribution is -0.178. The first-order valence-electron chi connectivity index (χ1n) is 6.28. The highest BCUT2D eigenvalue weighted by Gasteiger charge is 2.61. The van der Waals surface area contributed by atoms with Gasteiger partial charge in [0.15, 0.2) is 12.4 Å². The van der Waals surface area contributed by atoms with E-state index in [0.717, 1.165) is 19.4 Å². The average Bonchev–Trinajstić information content (AvgIpc) is 2.78. The predicted molar refractivity (Wildman–Crippen MR) is 71.1 cm³/mol. The molecule has 0 unspecified atom stereocenters. The number of methoxy groups -OCH3 is 1. The quantitative estimate of drug-likeness (QED) is 0.311. The van der Waals surface area contributed by atoms with E-state index in [9.17, 15) is 23.9 Å². The largest absolute Gasteiger partial charge is 0.467 e. The number of aliphatic hydroxyl groups excluding tert-OH is 1. The van der Waals surface area contributed by atoms with Crippen LogP contribution in [0.5, 0.6) is 0 Å². The predicted octanol–water partition coefficient (Wildman–Crippen LogP) is -1.01. The van der Waals surface area contributed by atoms with E-state index in [0.29, 0.717) is 4.57 Å². The van der Waals surface area contributed by atoms with Gasteiger partial charge in [-0.25, -0.2) is 14.0 Å². The summed E-state index contributed by atoms with van der Waals surface area (Å²) >= 11 is 0. The number of hydrogen-bond donors (Lipinski definition) is 2. The zero-order chi connectivity index (χ0) is 17.2. The molecular weight excluding hydrogens is 317 g/mol. The molecule has 2 N–H and O–H groups in total. The summed E-state index contributed by atoms with van der Waals surface area (Å²) in [5.41, 5.74) is 4.37. The van der Waals surface area contributed by atoms with Crippen molar-refractivity contribution in [2.75, 3.05) is 13.7 Å². The van der Waals surface area contributed by atoms with E-state index >= 15 is 0 Å². The minimum atomic E-state index is -2.30. The highest BCUT2D eigenvalue weighted by molar-refractivity contribution is 5.81. The molecule has 23 heavy (non-hydrogen) atoms. The maximum atomic E-state index is 14.4. The number of azide groups is 1. The van der Waals surface area contributed by atoms with Gasteiger partial charge in [0.1, 0.15) is 6.10 Å². The molecule has 0 aliphatic carbocycles. The average molecular weight is 329 g/mol. The van der Waals surface area contributed by atoms with E-state index in [2.05, 4.69) is 14.8 Å². The van der Waals surface area contributed by atoms with Crippen LogP contribution >= 0.6 is 0 Å². The molecular formula is C11H12FN5O6. The molecule has 2 rings (SSSR count). The topological polar surface area (TPSA) is 159 Å². The minimum Gasteiger partial charge on any atom is -0.467 e. The van der Waals surface area contributed by atoms with Gasteiger partial charge in [-0.1, -0.05) is 5.11 Å². The van der Waals surface area contributed by atoms with Gasteiger partial charge in [-0.2, -0.15) is 0 Å². The van der Waals surface area contributed by atoms with E-state index in [-0.39, 0.29) is 0 Å². The summed E-state index contributed by atoms with van der Waals surface area (Å²) in [5, 5.41) is 13.2. The van der Waals surface area contributed by atoms with Gasteiger partial charge >= 0.3 is 11.7 Å². The summed E-state index contributed by atoms with van der Waals surface area (Å²) in [7, 11) is 0.975. The van der Waals surface area contributed by atoms with Crippen LogP contribution in [0.15, 0.2) is 27.0 Å². The number of hydrogen-bond acceptors (Lipinski definition) is 7. The molecule has 124 valence electrons. The number of nitrogens with one attached hydrogen (secondary N) is 1. The van der Waals surface area contributed by atoms with Crippen LogP contribution in [0.1, 0.15) is 6.23 Å². The number of nitrogens with zero attached hydrogens (tertiary/aromatic N) is 4. The third kappa shape index (κ3) is 2.70. The molecule has 1 fully saturated rings. The van der Waals surface area contributed by atoms with E-state index < -0.39 is 47.9 Å². The molecule has 0 bridgehead atoms. The van der Waals surface area contributed by atoms with Crippen LogP contribution in [0.2, 0.25) is 0 Å². The van der Waals surface area contributed by atoms with Crippen molar-refractivity contribution in [1.82, 2.24) is 9.55 Å². The zero-order valence-corrected chi connectivity index (χ0v) is 11.7. The molecule has 0 amide bonds. The Hall–Kier alpha value is -2.69. The first kappa shape index (κ1) is 16.7. The number of alkyl halides is 1. The van der Waals surface area contributed by atoms with Gasteiger partial charge in [0.25, 0.3) is 5.56 Å². The van der Waals surface area contributed by atoms with Gasteiger partial charge in [0.2, 0.25) is 5.60 Å². The van der Waals surface area contributed by atoms with Crippen LogP contribution in [0.25, 0.3) is 10.4 Å². The Morgan fingerprint density at radius 2 is 2.39 bits per heavy atom. The van der Waals surface area contributed by atoms with Crippen molar-refractivity contribution in [3.63, 3.8) is 0 Å². The summed E-state index contributed by atoms with van der Waals surface area (Å²) in [6, 6.07) is 0.940. The highest BCUT2D eigenvalue weighted by Crippen LogP contribution is 2.39. The molecule has 4 atom stereocenters. The SMILES string of the molecule is COC(=O)[C@@]1(CN=[N+]=[N-])O[C@@H](n2ccc(=O)[nH]c2=O)[C@H](F)[C@@H]1O. The van der Waals surface area contributed by atoms with Crippen molar-refractivity contribution in [2.45, 2.75) is 24.1 Å². The maximum absolute atomic E-state index is 14.4. The van der Waals surface area contributed by atoms with Crippen LogP contribution in [0.3, 0.4) is 0 Å². The first-order valence-corrected chi connectivity index (χ1v) is 6.28. The second-order valence-corrected chi connectivity index (χ2v) is 4.69. The molecule has 1 aliphatic rings. The standard InChI is InChI=1S/C11H12FN5O6/c1-22-9(20)11(4-14-16-13)7(19)6(12)8(23-11)17-3-2-5(18)15-10(17)21/h2-3,6-8,19H,4H2,1H3,(H,15,18,21)/t6-,7+,8-,11+/m1/s1. The Morgan fingerprint density at radius 1 is 1.70 bits per heavy atom. The number of halogens is 1. The summed E-state index contributed by atoms with van der Waals surface area (Å²) in [6.07, 6.45) is -5.04. The van der Waals surface area contributed by atoms with Gasteiger partial charge in [0, 0.05) is 17.2 Å². The highest BCUT2D eigenvalue weighted by atomic mass is 19.1. The number of aromatic amines is 1. The van der Waals surface area contributed by atoms with Crippen LogP contribution in [-0.4, -0.2) is 52.2 Å². The molecule has 1 saturated heterocycles. The smallest absolute Gasteiger partial charge is 0.341 e. The Balaban J connectivity index is 2.49. The molecule has 1 aromatic heterocycles. The number of ether oxygens (including phenoxy) is 2. The monoisotopic (exact) mass is 329 g/mol. The van der Waals surface area contributed by atoms with Crippen molar-refractivity contribution in [1.29, 1.82) is 0 Å². The third-order valence-corrected chi connectivity index (χ3v) is 3.41. The van der Waals surface area contributed by atoms with Crippen LogP contribution in [0, 0.1) is 0 Å². The van der Waals surface area contributed by atoms with Gasteiger partial charge in [-0.15, -0.1) is 0 Å². The first-order chi connectivity index (χ1) is 10.9. The number of carbonyl (C=O) groups excluding carboxylic acids is 1. The van der Waals surface area contributed by atoms with Crippen LogP contribution in [0.4, 0.5) is 4.39 Å².